The van der Waals surface area contributed by atoms with E-state index in [1.807, 2.05) is 0 Å². The number of hydrazine groups is 1. The summed E-state index contributed by atoms with van der Waals surface area (Å²) in [5.41, 5.74) is 9.22. The van der Waals surface area contributed by atoms with Crippen LogP contribution in [0.25, 0.3) is 10.2 Å². The fourth-order valence-electron chi connectivity index (χ4n) is 2.40. The van der Waals surface area contributed by atoms with Crippen molar-refractivity contribution in [3.63, 3.8) is 0 Å². The minimum atomic E-state index is 0.344. The molecule has 0 saturated carbocycles. The number of anilines is 2. The zero-order chi connectivity index (χ0) is 13.2. The summed E-state index contributed by atoms with van der Waals surface area (Å²) < 4.78 is 0. The smallest absolute Gasteiger partial charge is 0.223 e. The number of nitrogens with one attached hydrogen (secondary N) is 1. The van der Waals surface area contributed by atoms with E-state index < -0.39 is 0 Å². The van der Waals surface area contributed by atoms with Crippen LogP contribution in [0, 0.1) is 0 Å². The fourth-order valence-corrected chi connectivity index (χ4v) is 3.38. The Morgan fingerprint density at radius 1 is 1.32 bits per heavy atom. The molecule has 1 fully saturated rings. The van der Waals surface area contributed by atoms with E-state index in [1.165, 1.54) is 24.1 Å². The SMILES string of the molecule is CCc1cc2c(NN3CCCCC3)nc(N)nc2s1. The van der Waals surface area contributed by atoms with Gasteiger partial charge in [0.25, 0.3) is 0 Å². The van der Waals surface area contributed by atoms with Gasteiger partial charge in [0.15, 0.2) is 5.82 Å². The molecule has 0 amide bonds. The normalized spacial score (nSPS) is 16.9. The van der Waals surface area contributed by atoms with Gasteiger partial charge in [-0.2, -0.15) is 4.98 Å². The van der Waals surface area contributed by atoms with Crippen LogP contribution < -0.4 is 11.2 Å². The molecule has 5 nitrogen and oxygen atoms in total. The van der Waals surface area contributed by atoms with Crippen LogP contribution in [-0.4, -0.2) is 28.1 Å². The van der Waals surface area contributed by atoms with E-state index in [2.05, 4.69) is 33.4 Å². The van der Waals surface area contributed by atoms with Gasteiger partial charge in [0, 0.05) is 18.0 Å². The molecule has 2 aromatic rings. The summed E-state index contributed by atoms with van der Waals surface area (Å²) in [5.74, 6) is 1.19. The fraction of sp³-hybridized carbons (Fsp3) is 0.538. The van der Waals surface area contributed by atoms with Crippen molar-refractivity contribution in [1.82, 2.24) is 15.0 Å². The van der Waals surface area contributed by atoms with E-state index in [0.717, 1.165) is 35.5 Å². The Labute approximate surface area is 116 Å². The number of hydrogen-bond donors (Lipinski definition) is 2. The number of aryl methyl sites for hydroxylation is 1. The first-order valence-corrected chi connectivity index (χ1v) is 7.65. The van der Waals surface area contributed by atoms with Crippen LogP contribution in [0.5, 0.6) is 0 Å². The van der Waals surface area contributed by atoms with Crippen LogP contribution in [0.3, 0.4) is 0 Å². The minimum absolute atomic E-state index is 0.344. The van der Waals surface area contributed by atoms with Gasteiger partial charge in [0.1, 0.15) is 4.83 Å². The first-order valence-electron chi connectivity index (χ1n) is 6.84. The average Bonchev–Trinajstić information content (AvgIpc) is 2.83. The van der Waals surface area contributed by atoms with Gasteiger partial charge >= 0.3 is 0 Å². The first kappa shape index (κ1) is 12.6. The molecule has 0 aliphatic carbocycles. The van der Waals surface area contributed by atoms with Crippen LogP contribution in [0.4, 0.5) is 11.8 Å². The number of nitrogens with two attached hydrogens (primary N) is 1. The second-order valence-corrected chi connectivity index (χ2v) is 5.99. The molecule has 0 radical (unpaired) electrons. The Balaban J connectivity index is 1.94. The molecule has 0 spiro atoms. The molecular formula is C13H19N5S. The van der Waals surface area contributed by atoms with E-state index in [9.17, 15) is 0 Å². The van der Waals surface area contributed by atoms with Crippen LogP contribution in [-0.2, 0) is 6.42 Å². The topological polar surface area (TPSA) is 67.1 Å². The first-order chi connectivity index (χ1) is 9.26. The summed E-state index contributed by atoms with van der Waals surface area (Å²) in [6.45, 7) is 4.28. The van der Waals surface area contributed by atoms with E-state index >= 15 is 0 Å². The Morgan fingerprint density at radius 3 is 2.84 bits per heavy atom. The van der Waals surface area contributed by atoms with Gasteiger partial charge in [-0.05, 0) is 25.3 Å². The van der Waals surface area contributed by atoms with Gasteiger partial charge < -0.3 is 11.2 Å². The van der Waals surface area contributed by atoms with E-state index in [4.69, 9.17) is 5.73 Å². The van der Waals surface area contributed by atoms with Crippen LogP contribution in [0.1, 0.15) is 31.1 Å². The lowest BCUT2D eigenvalue weighted by molar-refractivity contribution is 0.272. The van der Waals surface area contributed by atoms with Gasteiger partial charge in [0.05, 0.1) is 5.39 Å². The van der Waals surface area contributed by atoms with Crippen LogP contribution in [0.15, 0.2) is 6.07 Å². The molecule has 2 aromatic heterocycles. The van der Waals surface area contributed by atoms with Crippen molar-refractivity contribution >= 4 is 33.3 Å². The molecule has 19 heavy (non-hydrogen) atoms. The van der Waals surface area contributed by atoms with Crippen molar-refractivity contribution in [2.75, 3.05) is 24.2 Å². The molecule has 6 heteroatoms. The third-order valence-corrected chi connectivity index (χ3v) is 4.60. The molecular weight excluding hydrogens is 258 g/mol. The maximum atomic E-state index is 5.81. The molecule has 1 aliphatic heterocycles. The lowest BCUT2D eigenvalue weighted by atomic mass is 10.2. The summed E-state index contributed by atoms with van der Waals surface area (Å²) in [7, 11) is 0. The Kier molecular flexibility index (Phi) is 3.52. The van der Waals surface area contributed by atoms with E-state index in [1.54, 1.807) is 11.3 Å². The van der Waals surface area contributed by atoms with Gasteiger partial charge in [-0.3, -0.25) is 0 Å². The highest BCUT2D eigenvalue weighted by Crippen LogP contribution is 2.30. The van der Waals surface area contributed by atoms with Crippen molar-refractivity contribution < 1.29 is 0 Å². The van der Waals surface area contributed by atoms with Crippen LogP contribution >= 0.6 is 11.3 Å². The monoisotopic (exact) mass is 277 g/mol. The van der Waals surface area contributed by atoms with Crippen LogP contribution in [0.2, 0.25) is 0 Å². The molecule has 3 heterocycles. The predicted octanol–water partition coefficient (Wildman–Crippen LogP) is 2.65. The van der Waals surface area contributed by atoms with Gasteiger partial charge in [-0.25, -0.2) is 9.99 Å². The molecule has 1 aliphatic rings. The number of piperidine rings is 1. The number of hydrogen-bond acceptors (Lipinski definition) is 6. The Bertz CT molecular complexity index is 574. The molecule has 3 rings (SSSR count). The summed E-state index contributed by atoms with van der Waals surface area (Å²) >= 11 is 1.70. The molecule has 0 atom stereocenters. The quantitative estimate of drug-likeness (QED) is 0.903. The largest absolute Gasteiger partial charge is 0.368 e. The Morgan fingerprint density at radius 2 is 2.11 bits per heavy atom. The van der Waals surface area contributed by atoms with E-state index in [-0.39, 0.29) is 0 Å². The second kappa shape index (κ2) is 5.30. The summed E-state index contributed by atoms with van der Waals surface area (Å²) in [4.78, 5) is 11.0. The van der Waals surface area contributed by atoms with Gasteiger partial charge in [0.2, 0.25) is 5.95 Å². The van der Waals surface area contributed by atoms with Gasteiger partial charge in [-0.1, -0.05) is 13.3 Å². The highest BCUT2D eigenvalue weighted by molar-refractivity contribution is 7.18. The highest BCUT2D eigenvalue weighted by Gasteiger charge is 2.14. The standard InChI is InChI=1S/C13H19N5S/c1-2-9-8-10-11(15-13(14)16-12(10)19-9)17-18-6-4-3-5-7-18/h8H,2-7H2,1H3,(H3,14,15,16,17). The van der Waals surface area contributed by atoms with Gasteiger partial charge in [-0.15, -0.1) is 11.3 Å². The third kappa shape index (κ3) is 2.64. The lowest BCUT2D eigenvalue weighted by Crippen LogP contribution is -2.35. The molecule has 1 saturated heterocycles. The maximum absolute atomic E-state index is 5.81. The van der Waals surface area contributed by atoms with Crippen molar-refractivity contribution in [3.05, 3.63) is 10.9 Å². The minimum Gasteiger partial charge on any atom is -0.368 e. The predicted molar refractivity (Wildman–Crippen MR) is 80.3 cm³/mol. The average molecular weight is 277 g/mol. The maximum Gasteiger partial charge on any atom is 0.223 e. The zero-order valence-corrected chi connectivity index (χ0v) is 12.0. The van der Waals surface area contributed by atoms with Crippen molar-refractivity contribution in [2.24, 2.45) is 0 Å². The summed E-state index contributed by atoms with van der Waals surface area (Å²) in [6.07, 6.45) is 4.81. The number of nitrogen functional groups attached to an aromatic ring is 1. The van der Waals surface area contributed by atoms with Crippen molar-refractivity contribution in [2.45, 2.75) is 32.6 Å². The highest BCUT2D eigenvalue weighted by atomic mass is 32.1. The number of rotatable bonds is 3. The number of aromatic nitrogens is 2. The summed E-state index contributed by atoms with van der Waals surface area (Å²) in [5, 5.41) is 3.31. The van der Waals surface area contributed by atoms with E-state index in [0.29, 0.717) is 5.95 Å². The van der Waals surface area contributed by atoms with Crippen molar-refractivity contribution in [1.29, 1.82) is 0 Å². The zero-order valence-electron chi connectivity index (χ0n) is 11.1. The molecule has 0 bridgehead atoms. The molecule has 102 valence electrons. The number of fused-ring (bicyclic) bond motifs is 1. The Hall–Kier alpha value is -1.40. The number of nitrogens with zero attached hydrogens (tertiary/aromatic N) is 3. The summed E-state index contributed by atoms with van der Waals surface area (Å²) in [6, 6.07) is 2.17. The molecule has 0 aromatic carbocycles. The molecule has 3 N–H and O–H groups in total. The number of thiophene rings is 1. The lowest BCUT2D eigenvalue weighted by Gasteiger charge is -2.27. The molecule has 0 unspecified atom stereocenters. The second-order valence-electron chi connectivity index (χ2n) is 4.88. The third-order valence-electron chi connectivity index (χ3n) is 3.43. The van der Waals surface area contributed by atoms with Crippen molar-refractivity contribution in [3.8, 4) is 0 Å².